The standard InChI is InChI=1S/C16H18N2O3/c1-12(19)18-15-4-2-3-5-16(15)21-11-10-20-14-8-6-13(17)7-9-14/h2-9H,10-11,17H2,1H3,(H,18,19). The number of nitrogen functional groups attached to an aromatic ring is 1. The highest BCUT2D eigenvalue weighted by molar-refractivity contribution is 5.90. The van der Waals surface area contributed by atoms with Crippen LogP contribution in [-0.4, -0.2) is 19.1 Å². The van der Waals surface area contributed by atoms with Crippen molar-refractivity contribution >= 4 is 17.3 Å². The van der Waals surface area contributed by atoms with E-state index in [1.807, 2.05) is 12.1 Å². The molecule has 0 aliphatic heterocycles. The fourth-order valence-electron chi connectivity index (χ4n) is 1.76. The van der Waals surface area contributed by atoms with Gasteiger partial charge in [0.05, 0.1) is 5.69 Å². The summed E-state index contributed by atoms with van der Waals surface area (Å²) in [5, 5.41) is 2.72. The highest BCUT2D eigenvalue weighted by atomic mass is 16.5. The number of rotatable bonds is 6. The van der Waals surface area contributed by atoms with E-state index in [0.29, 0.717) is 30.3 Å². The third-order valence-corrected chi connectivity index (χ3v) is 2.69. The second-order valence-electron chi connectivity index (χ2n) is 4.44. The molecular weight excluding hydrogens is 268 g/mol. The van der Waals surface area contributed by atoms with Crippen molar-refractivity contribution in [1.82, 2.24) is 0 Å². The van der Waals surface area contributed by atoms with Gasteiger partial charge in [0, 0.05) is 12.6 Å². The molecule has 21 heavy (non-hydrogen) atoms. The van der Waals surface area contributed by atoms with Crippen LogP contribution in [-0.2, 0) is 4.79 Å². The molecule has 0 atom stereocenters. The quantitative estimate of drug-likeness (QED) is 0.632. The molecule has 2 rings (SSSR count). The summed E-state index contributed by atoms with van der Waals surface area (Å²) in [6.07, 6.45) is 0. The first-order valence-electron chi connectivity index (χ1n) is 6.63. The Labute approximate surface area is 123 Å². The number of hydrogen-bond donors (Lipinski definition) is 2. The van der Waals surface area contributed by atoms with E-state index in [9.17, 15) is 4.79 Å². The summed E-state index contributed by atoms with van der Waals surface area (Å²) in [6, 6.07) is 14.4. The van der Waals surface area contributed by atoms with Crippen LogP contribution in [0.3, 0.4) is 0 Å². The lowest BCUT2D eigenvalue weighted by Crippen LogP contribution is -2.12. The molecule has 0 heterocycles. The number of para-hydroxylation sites is 2. The number of hydrogen-bond acceptors (Lipinski definition) is 4. The lowest BCUT2D eigenvalue weighted by atomic mass is 10.3. The molecular formula is C16H18N2O3. The molecule has 5 nitrogen and oxygen atoms in total. The third kappa shape index (κ3) is 4.72. The molecule has 0 spiro atoms. The minimum atomic E-state index is -0.135. The fraction of sp³-hybridized carbons (Fsp3) is 0.188. The van der Waals surface area contributed by atoms with E-state index in [2.05, 4.69) is 5.32 Å². The lowest BCUT2D eigenvalue weighted by molar-refractivity contribution is -0.114. The number of ether oxygens (including phenoxy) is 2. The van der Waals surface area contributed by atoms with Crippen LogP contribution in [0.2, 0.25) is 0 Å². The number of anilines is 2. The van der Waals surface area contributed by atoms with Crippen molar-refractivity contribution in [2.75, 3.05) is 24.3 Å². The minimum absolute atomic E-state index is 0.135. The van der Waals surface area contributed by atoms with Gasteiger partial charge in [-0.2, -0.15) is 0 Å². The Morgan fingerprint density at radius 3 is 2.43 bits per heavy atom. The van der Waals surface area contributed by atoms with Gasteiger partial charge >= 0.3 is 0 Å². The maximum atomic E-state index is 11.1. The number of carbonyl (C=O) groups excluding carboxylic acids is 1. The summed E-state index contributed by atoms with van der Waals surface area (Å²) in [5.41, 5.74) is 6.95. The van der Waals surface area contributed by atoms with Crippen molar-refractivity contribution in [2.45, 2.75) is 6.92 Å². The van der Waals surface area contributed by atoms with E-state index < -0.39 is 0 Å². The molecule has 5 heteroatoms. The maximum absolute atomic E-state index is 11.1. The molecule has 0 saturated carbocycles. The van der Waals surface area contributed by atoms with E-state index in [-0.39, 0.29) is 5.91 Å². The zero-order valence-corrected chi connectivity index (χ0v) is 11.8. The predicted molar refractivity (Wildman–Crippen MR) is 82.6 cm³/mol. The molecule has 0 aromatic heterocycles. The van der Waals surface area contributed by atoms with E-state index in [1.54, 1.807) is 36.4 Å². The third-order valence-electron chi connectivity index (χ3n) is 2.69. The van der Waals surface area contributed by atoms with Gasteiger partial charge in [0.15, 0.2) is 0 Å². The van der Waals surface area contributed by atoms with E-state index in [4.69, 9.17) is 15.2 Å². The molecule has 0 unspecified atom stereocenters. The first-order valence-corrected chi connectivity index (χ1v) is 6.63. The van der Waals surface area contributed by atoms with Gasteiger partial charge in [-0.3, -0.25) is 4.79 Å². The largest absolute Gasteiger partial charge is 0.490 e. The van der Waals surface area contributed by atoms with Gasteiger partial charge in [-0.25, -0.2) is 0 Å². The van der Waals surface area contributed by atoms with Crippen molar-refractivity contribution in [3.63, 3.8) is 0 Å². The Bertz CT molecular complexity index is 597. The first kappa shape index (κ1) is 14.7. The first-order chi connectivity index (χ1) is 10.1. The number of nitrogens with one attached hydrogen (secondary N) is 1. The Balaban J connectivity index is 1.83. The van der Waals surface area contributed by atoms with Crippen LogP contribution in [0.5, 0.6) is 11.5 Å². The number of nitrogens with two attached hydrogens (primary N) is 1. The minimum Gasteiger partial charge on any atom is -0.490 e. The zero-order chi connectivity index (χ0) is 15.1. The summed E-state index contributed by atoms with van der Waals surface area (Å²) in [5.74, 6) is 1.22. The monoisotopic (exact) mass is 286 g/mol. The topological polar surface area (TPSA) is 73.6 Å². The van der Waals surface area contributed by atoms with Gasteiger partial charge in [-0.15, -0.1) is 0 Å². The van der Waals surface area contributed by atoms with Crippen molar-refractivity contribution in [2.24, 2.45) is 0 Å². The molecule has 0 bridgehead atoms. The zero-order valence-electron chi connectivity index (χ0n) is 11.8. The van der Waals surface area contributed by atoms with Crippen LogP contribution in [0, 0.1) is 0 Å². The van der Waals surface area contributed by atoms with Crippen LogP contribution in [0.25, 0.3) is 0 Å². The second-order valence-corrected chi connectivity index (χ2v) is 4.44. The molecule has 0 saturated heterocycles. The summed E-state index contributed by atoms with van der Waals surface area (Å²) >= 11 is 0. The van der Waals surface area contributed by atoms with Crippen molar-refractivity contribution < 1.29 is 14.3 Å². The van der Waals surface area contributed by atoms with E-state index in [1.165, 1.54) is 6.92 Å². The van der Waals surface area contributed by atoms with Crippen LogP contribution < -0.4 is 20.5 Å². The second kappa shape index (κ2) is 7.19. The van der Waals surface area contributed by atoms with Gasteiger partial charge in [-0.05, 0) is 36.4 Å². The molecule has 0 radical (unpaired) electrons. The molecule has 110 valence electrons. The number of amides is 1. The van der Waals surface area contributed by atoms with E-state index >= 15 is 0 Å². The van der Waals surface area contributed by atoms with Gasteiger partial charge < -0.3 is 20.5 Å². The molecule has 1 amide bonds. The van der Waals surface area contributed by atoms with Crippen LogP contribution in [0.1, 0.15) is 6.92 Å². The summed E-state index contributed by atoms with van der Waals surface area (Å²) in [7, 11) is 0. The Hall–Kier alpha value is -2.69. The number of benzene rings is 2. The highest BCUT2D eigenvalue weighted by Gasteiger charge is 2.04. The Morgan fingerprint density at radius 1 is 1.05 bits per heavy atom. The van der Waals surface area contributed by atoms with Crippen molar-refractivity contribution in [1.29, 1.82) is 0 Å². The molecule has 0 aliphatic rings. The molecule has 2 aromatic rings. The average molecular weight is 286 g/mol. The smallest absolute Gasteiger partial charge is 0.221 e. The fourth-order valence-corrected chi connectivity index (χ4v) is 1.76. The maximum Gasteiger partial charge on any atom is 0.221 e. The summed E-state index contributed by atoms with van der Waals surface area (Å²) < 4.78 is 11.2. The van der Waals surface area contributed by atoms with E-state index in [0.717, 1.165) is 5.75 Å². The van der Waals surface area contributed by atoms with Crippen LogP contribution in [0.15, 0.2) is 48.5 Å². The molecule has 0 aliphatic carbocycles. The van der Waals surface area contributed by atoms with Crippen LogP contribution >= 0.6 is 0 Å². The molecule has 2 aromatic carbocycles. The average Bonchev–Trinajstić information content (AvgIpc) is 2.46. The van der Waals surface area contributed by atoms with Gasteiger partial charge in [0.1, 0.15) is 24.7 Å². The van der Waals surface area contributed by atoms with Crippen LogP contribution in [0.4, 0.5) is 11.4 Å². The Morgan fingerprint density at radius 2 is 1.71 bits per heavy atom. The van der Waals surface area contributed by atoms with Gasteiger partial charge in [-0.1, -0.05) is 12.1 Å². The predicted octanol–water partition coefficient (Wildman–Crippen LogP) is 2.68. The molecule has 3 N–H and O–H groups in total. The summed E-state index contributed by atoms with van der Waals surface area (Å²) in [6.45, 7) is 2.24. The normalized spacial score (nSPS) is 9.95. The summed E-state index contributed by atoms with van der Waals surface area (Å²) in [4.78, 5) is 11.1. The van der Waals surface area contributed by atoms with Gasteiger partial charge in [0.2, 0.25) is 5.91 Å². The van der Waals surface area contributed by atoms with Gasteiger partial charge in [0.25, 0.3) is 0 Å². The molecule has 0 fully saturated rings. The lowest BCUT2D eigenvalue weighted by Gasteiger charge is -2.12. The Kier molecular flexibility index (Phi) is 5.04. The number of carbonyl (C=O) groups is 1. The van der Waals surface area contributed by atoms with Crippen molar-refractivity contribution in [3.8, 4) is 11.5 Å². The highest BCUT2D eigenvalue weighted by Crippen LogP contribution is 2.23. The SMILES string of the molecule is CC(=O)Nc1ccccc1OCCOc1ccc(N)cc1. The van der Waals surface area contributed by atoms with Crippen molar-refractivity contribution in [3.05, 3.63) is 48.5 Å².